The van der Waals surface area contributed by atoms with Crippen molar-refractivity contribution < 1.29 is 17.9 Å². The van der Waals surface area contributed by atoms with Crippen molar-refractivity contribution in [3.8, 4) is 11.5 Å². The molecule has 0 amide bonds. The quantitative estimate of drug-likeness (QED) is 0.555. The number of methoxy groups -OCH3 is 2. The van der Waals surface area contributed by atoms with E-state index in [0.29, 0.717) is 16.6 Å². The van der Waals surface area contributed by atoms with Gasteiger partial charge in [0.25, 0.3) is 0 Å². The Kier molecular flexibility index (Phi) is 7.87. The smallest absolute Gasteiger partial charge is 0.240 e. The van der Waals surface area contributed by atoms with Gasteiger partial charge in [0.1, 0.15) is 0 Å². The van der Waals surface area contributed by atoms with Crippen LogP contribution in [0.2, 0.25) is 10.0 Å². The molecule has 30 heavy (non-hydrogen) atoms. The highest BCUT2D eigenvalue weighted by molar-refractivity contribution is 7.89. The molecule has 2 aromatic carbocycles. The van der Waals surface area contributed by atoms with Gasteiger partial charge < -0.3 is 9.47 Å². The molecule has 0 aliphatic carbocycles. The summed E-state index contributed by atoms with van der Waals surface area (Å²) >= 11 is 11.8. The maximum atomic E-state index is 12.4. The predicted molar refractivity (Wildman–Crippen MR) is 119 cm³/mol. The maximum absolute atomic E-state index is 12.4. The van der Waals surface area contributed by atoms with Crippen LogP contribution in [0.1, 0.15) is 24.0 Å². The van der Waals surface area contributed by atoms with Gasteiger partial charge in [0.2, 0.25) is 10.0 Å². The van der Waals surface area contributed by atoms with Gasteiger partial charge in [-0.25, -0.2) is 13.1 Å². The van der Waals surface area contributed by atoms with Crippen molar-refractivity contribution in [2.24, 2.45) is 0 Å². The minimum absolute atomic E-state index is 0.0806. The largest absolute Gasteiger partial charge is 0.493 e. The van der Waals surface area contributed by atoms with Crippen molar-refractivity contribution in [2.75, 3.05) is 33.9 Å². The first kappa shape index (κ1) is 23.2. The van der Waals surface area contributed by atoms with Crippen molar-refractivity contribution in [1.29, 1.82) is 0 Å². The van der Waals surface area contributed by atoms with E-state index in [0.717, 1.165) is 50.4 Å². The highest BCUT2D eigenvalue weighted by Crippen LogP contribution is 2.33. The molecule has 0 saturated carbocycles. The van der Waals surface area contributed by atoms with Crippen LogP contribution in [0.5, 0.6) is 11.5 Å². The number of nitrogens with one attached hydrogen (secondary N) is 1. The zero-order chi connectivity index (χ0) is 21.7. The van der Waals surface area contributed by atoms with Crippen LogP contribution in [-0.2, 0) is 23.0 Å². The monoisotopic (exact) mass is 472 g/mol. The summed E-state index contributed by atoms with van der Waals surface area (Å²) in [5.41, 5.74) is 2.54. The van der Waals surface area contributed by atoms with Gasteiger partial charge in [0.15, 0.2) is 11.5 Å². The van der Waals surface area contributed by atoms with Gasteiger partial charge in [0.05, 0.1) is 19.1 Å². The fourth-order valence-corrected chi connectivity index (χ4v) is 5.37. The van der Waals surface area contributed by atoms with Crippen molar-refractivity contribution in [3.63, 3.8) is 0 Å². The maximum Gasteiger partial charge on any atom is 0.240 e. The van der Waals surface area contributed by atoms with Crippen LogP contribution in [0.3, 0.4) is 0 Å². The first-order chi connectivity index (χ1) is 14.3. The average Bonchev–Trinajstić information content (AvgIpc) is 2.71. The normalized spacial score (nSPS) is 14.4. The molecule has 9 heteroatoms. The highest BCUT2D eigenvalue weighted by Gasteiger charge is 2.19. The summed E-state index contributed by atoms with van der Waals surface area (Å²) in [4.78, 5) is 2.46. The van der Waals surface area contributed by atoms with Gasteiger partial charge in [0, 0.05) is 29.7 Å². The van der Waals surface area contributed by atoms with E-state index in [1.807, 2.05) is 6.07 Å². The summed E-state index contributed by atoms with van der Waals surface area (Å²) in [6.45, 7) is 3.08. The number of unbranched alkanes of at least 4 members (excludes halogenated alkanes) is 1. The van der Waals surface area contributed by atoms with Gasteiger partial charge in [-0.3, -0.25) is 4.90 Å². The summed E-state index contributed by atoms with van der Waals surface area (Å²) in [5.74, 6) is 1.51. The molecular formula is C21H26Cl2N2O4S. The Labute approximate surface area is 188 Å². The molecule has 3 rings (SSSR count). The summed E-state index contributed by atoms with van der Waals surface area (Å²) in [5, 5.41) is 0.588. The number of nitrogens with zero attached hydrogens (tertiary/aromatic N) is 1. The topological polar surface area (TPSA) is 67.9 Å². The molecule has 0 aromatic heterocycles. The molecule has 1 aliphatic rings. The van der Waals surface area contributed by atoms with Crippen LogP contribution in [0.25, 0.3) is 0 Å². The van der Waals surface area contributed by atoms with Gasteiger partial charge in [-0.1, -0.05) is 23.2 Å². The second kappa shape index (κ2) is 10.2. The van der Waals surface area contributed by atoms with E-state index in [1.165, 1.54) is 29.3 Å². The van der Waals surface area contributed by atoms with Crippen LogP contribution >= 0.6 is 23.2 Å². The Morgan fingerprint density at radius 3 is 2.23 bits per heavy atom. The fourth-order valence-electron chi connectivity index (χ4n) is 3.57. The Morgan fingerprint density at radius 2 is 1.60 bits per heavy atom. The molecule has 0 unspecified atom stereocenters. The lowest BCUT2D eigenvalue weighted by Crippen LogP contribution is -2.32. The zero-order valence-electron chi connectivity index (χ0n) is 17.1. The first-order valence-corrected chi connectivity index (χ1v) is 12.0. The Balaban J connectivity index is 1.47. The molecule has 2 aromatic rings. The summed E-state index contributed by atoms with van der Waals surface area (Å²) < 4.78 is 38.2. The minimum Gasteiger partial charge on any atom is -0.493 e. The number of halogens is 2. The van der Waals surface area contributed by atoms with E-state index in [2.05, 4.69) is 15.7 Å². The molecule has 1 N–H and O–H groups in total. The van der Waals surface area contributed by atoms with E-state index in [9.17, 15) is 8.42 Å². The standard InChI is InChI=1S/C21H26Cl2N2O4S/c1-28-20-9-15-5-8-25(14-16(15)10-21(20)29-2)7-4-3-6-24-30(26,27)19-12-17(22)11-18(23)13-19/h9-13,24H,3-8,14H2,1-2H3. The van der Waals surface area contributed by atoms with Crippen LogP contribution in [-0.4, -0.2) is 47.2 Å². The molecule has 0 atom stereocenters. The third kappa shape index (κ3) is 5.80. The molecule has 164 valence electrons. The summed E-state index contributed by atoms with van der Waals surface area (Å²) in [6.07, 6.45) is 2.59. The van der Waals surface area contributed by atoms with E-state index in [-0.39, 0.29) is 4.90 Å². The Hall–Kier alpha value is -1.51. The number of sulfonamides is 1. The van der Waals surface area contributed by atoms with Gasteiger partial charge in [-0.05, 0) is 67.3 Å². The van der Waals surface area contributed by atoms with Crippen LogP contribution < -0.4 is 14.2 Å². The molecule has 1 heterocycles. The summed E-state index contributed by atoms with van der Waals surface area (Å²) in [7, 11) is -0.334. The molecule has 0 fully saturated rings. The van der Waals surface area contributed by atoms with E-state index in [4.69, 9.17) is 32.7 Å². The molecule has 6 nitrogen and oxygen atoms in total. The lowest BCUT2D eigenvalue weighted by atomic mass is 9.98. The van der Waals surface area contributed by atoms with Crippen LogP contribution in [0.4, 0.5) is 0 Å². The lowest BCUT2D eigenvalue weighted by molar-refractivity contribution is 0.248. The fraction of sp³-hybridized carbons (Fsp3) is 0.429. The minimum atomic E-state index is -3.62. The molecule has 0 saturated heterocycles. The predicted octanol–water partition coefficient (Wildman–Crippen LogP) is 4.13. The Morgan fingerprint density at radius 1 is 0.967 bits per heavy atom. The number of fused-ring (bicyclic) bond motifs is 1. The number of benzene rings is 2. The van der Waals surface area contributed by atoms with Gasteiger partial charge in [-0.15, -0.1) is 0 Å². The molecule has 0 radical (unpaired) electrons. The highest BCUT2D eigenvalue weighted by atomic mass is 35.5. The van der Waals surface area contributed by atoms with Crippen molar-refractivity contribution >= 4 is 33.2 Å². The van der Waals surface area contributed by atoms with E-state index >= 15 is 0 Å². The SMILES string of the molecule is COc1cc2c(cc1OC)CN(CCCCNS(=O)(=O)c1cc(Cl)cc(Cl)c1)CC2. The lowest BCUT2D eigenvalue weighted by Gasteiger charge is -2.29. The first-order valence-electron chi connectivity index (χ1n) is 9.74. The third-order valence-corrected chi connectivity index (χ3v) is 7.01. The van der Waals surface area contributed by atoms with E-state index < -0.39 is 10.0 Å². The zero-order valence-corrected chi connectivity index (χ0v) is 19.4. The Bertz CT molecular complexity index is 978. The number of hydrogen-bond donors (Lipinski definition) is 1. The molecular weight excluding hydrogens is 447 g/mol. The van der Waals surface area contributed by atoms with Gasteiger partial charge >= 0.3 is 0 Å². The van der Waals surface area contributed by atoms with Crippen LogP contribution in [0.15, 0.2) is 35.2 Å². The van der Waals surface area contributed by atoms with Crippen molar-refractivity contribution in [2.45, 2.75) is 30.7 Å². The second-order valence-electron chi connectivity index (χ2n) is 7.21. The average molecular weight is 473 g/mol. The molecule has 0 bridgehead atoms. The molecule has 1 aliphatic heterocycles. The number of ether oxygens (including phenoxy) is 2. The number of hydrogen-bond acceptors (Lipinski definition) is 5. The number of rotatable bonds is 9. The van der Waals surface area contributed by atoms with E-state index in [1.54, 1.807) is 14.2 Å². The molecule has 0 spiro atoms. The second-order valence-corrected chi connectivity index (χ2v) is 9.85. The van der Waals surface area contributed by atoms with Gasteiger partial charge in [-0.2, -0.15) is 0 Å². The summed E-state index contributed by atoms with van der Waals surface area (Å²) in [6, 6.07) is 8.39. The van der Waals surface area contributed by atoms with Crippen LogP contribution in [0, 0.1) is 0 Å². The van der Waals surface area contributed by atoms with Crippen molar-refractivity contribution in [3.05, 3.63) is 51.5 Å². The van der Waals surface area contributed by atoms with Crippen molar-refractivity contribution in [1.82, 2.24) is 9.62 Å². The third-order valence-electron chi connectivity index (χ3n) is 5.14.